The zero-order chi connectivity index (χ0) is 17.6. The molecule has 0 atom stereocenters. The molecule has 128 valence electrons. The fraction of sp³-hybridized carbons (Fsp3) is 0.176. The molecule has 0 radical (unpaired) electrons. The summed E-state index contributed by atoms with van der Waals surface area (Å²) in [6.45, 7) is 2.33. The Morgan fingerprint density at radius 2 is 2.04 bits per heavy atom. The van der Waals surface area contributed by atoms with Gasteiger partial charge in [-0.15, -0.1) is 5.10 Å². The Kier molecular flexibility index (Phi) is 5.25. The van der Waals surface area contributed by atoms with E-state index in [-0.39, 0.29) is 12.3 Å². The third-order valence-electron chi connectivity index (χ3n) is 3.44. The average molecular weight is 358 g/mol. The van der Waals surface area contributed by atoms with Crippen LogP contribution in [0.2, 0.25) is 5.02 Å². The molecule has 0 bridgehead atoms. The van der Waals surface area contributed by atoms with Gasteiger partial charge in [-0.2, -0.15) is 0 Å². The molecule has 1 heterocycles. The highest BCUT2D eigenvalue weighted by Gasteiger charge is 2.11. The summed E-state index contributed by atoms with van der Waals surface area (Å²) < 4.78 is 7.05. The second kappa shape index (κ2) is 7.76. The third kappa shape index (κ3) is 4.13. The van der Waals surface area contributed by atoms with Crippen LogP contribution in [-0.2, 0) is 11.2 Å². The minimum Gasteiger partial charge on any atom is -0.490 e. The molecule has 1 aromatic heterocycles. The van der Waals surface area contributed by atoms with Gasteiger partial charge in [-0.05, 0) is 47.2 Å². The lowest BCUT2D eigenvalue weighted by Crippen LogP contribution is -2.15. The molecule has 3 aromatic rings. The Hall–Kier alpha value is -2.93. The number of carbonyl (C=O) groups excluding carboxylic acids is 1. The van der Waals surface area contributed by atoms with Crippen molar-refractivity contribution < 1.29 is 9.53 Å². The number of ether oxygens (including phenoxy) is 1. The monoisotopic (exact) mass is 357 g/mol. The Balaban J connectivity index is 1.68. The zero-order valence-corrected chi connectivity index (χ0v) is 14.3. The lowest BCUT2D eigenvalue weighted by Gasteiger charge is -2.13. The quantitative estimate of drug-likeness (QED) is 0.733. The van der Waals surface area contributed by atoms with E-state index in [1.807, 2.05) is 31.2 Å². The van der Waals surface area contributed by atoms with Gasteiger partial charge in [-0.1, -0.05) is 29.8 Å². The number of carbonyl (C=O) groups is 1. The first-order valence-corrected chi connectivity index (χ1v) is 8.08. The largest absolute Gasteiger partial charge is 0.490 e. The van der Waals surface area contributed by atoms with E-state index in [1.54, 1.807) is 22.9 Å². The minimum atomic E-state index is -0.154. The van der Waals surface area contributed by atoms with Crippen LogP contribution in [0.25, 0.3) is 5.69 Å². The SMILES string of the molecule is CCOc1c(Cl)cccc1NC(=O)Cc1ccc(-n2cnnn2)cc1. The van der Waals surface area contributed by atoms with Gasteiger partial charge in [0.1, 0.15) is 6.33 Å². The maximum Gasteiger partial charge on any atom is 0.228 e. The van der Waals surface area contributed by atoms with Crippen molar-refractivity contribution in [3.63, 3.8) is 0 Å². The molecule has 0 saturated carbocycles. The van der Waals surface area contributed by atoms with Crippen LogP contribution < -0.4 is 10.1 Å². The summed E-state index contributed by atoms with van der Waals surface area (Å²) in [7, 11) is 0. The standard InChI is InChI=1S/C17H16ClN5O2/c1-2-25-17-14(18)4-3-5-15(17)20-16(24)10-12-6-8-13(9-7-12)23-11-19-21-22-23/h3-9,11H,2,10H2,1H3,(H,20,24). The van der Waals surface area contributed by atoms with Gasteiger partial charge in [0.15, 0.2) is 5.75 Å². The first-order chi connectivity index (χ1) is 12.2. The normalized spacial score (nSPS) is 10.5. The van der Waals surface area contributed by atoms with Crippen LogP contribution in [0.15, 0.2) is 48.8 Å². The Bertz CT molecular complexity index is 850. The molecule has 0 saturated heterocycles. The molecule has 0 aliphatic rings. The van der Waals surface area contributed by atoms with Gasteiger partial charge in [0, 0.05) is 0 Å². The van der Waals surface area contributed by atoms with E-state index in [2.05, 4.69) is 20.8 Å². The number of rotatable bonds is 6. The number of anilines is 1. The van der Waals surface area contributed by atoms with E-state index < -0.39 is 0 Å². The summed E-state index contributed by atoms with van der Waals surface area (Å²) >= 11 is 6.12. The molecule has 3 rings (SSSR count). The lowest BCUT2D eigenvalue weighted by atomic mass is 10.1. The second-order valence-electron chi connectivity index (χ2n) is 5.20. The van der Waals surface area contributed by atoms with Crippen LogP contribution in [0.1, 0.15) is 12.5 Å². The van der Waals surface area contributed by atoms with Gasteiger partial charge >= 0.3 is 0 Å². The molecule has 8 heteroatoms. The number of tetrazole rings is 1. The van der Waals surface area contributed by atoms with Crippen molar-refractivity contribution in [1.82, 2.24) is 20.2 Å². The highest BCUT2D eigenvalue weighted by molar-refractivity contribution is 6.32. The first kappa shape index (κ1) is 16.9. The fourth-order valence-electron chi connectivity index (χ4n) is 2.32. The van der Waals surface area contributed by atoms with Crippen molar-refractivity contribution in [2.75, 3.05) is 11.9 Å². The van der Waals surface area contributed by atoms with E-state index >= 15 is 0 Å². The van der Waals surface area contributed by atoms with Crippen LogP contribution in [0.4, 0.5) is 5.69 Å². The van der Waals surface area contributed by atoms with E-state index in [4.69, 9.17) is 16.3 Å². The Morgan fingerprint density at radius 3 is 2.72 bits per heavy atom. The molecule has 2 aromatic carbocycles. The van der Waals surface area contributed by atoms with Crippen molar-refractivity contribution in [2.45, 2.75) is 13.3 Å². The molecule has 0 spiro atoms. The van der Waals surface area contributed by atoms with E-state index in [0.717, 1.165) is 11.3 Å². The summed E-state index contributed by atoms with van der Waals surface area (Å²) in [6.07, 6.45) is 1.74. The maximum absolute atomic E-state index is 12.3. The van der Waals surface area contributed by atoms with Crippen molar-refractivity contribution in [1.29, 1.82) is 0 Å². The van der Waals surface area contributed by atoms with E-state index in [1.165, 1.54) is 6.33 Å². The third-order valence-corrected chi connectivity index (χ3v) is 3.74. The predicted molar refractivity (Wildman–Crippen MR) is 94.1 cm³/mol. The molecule has 0 fully saturated rings. The number of nitrogens with one attached hydrogen (secondary N) is 1. The highest BCUT2D eigenvalue weighted by Crippen LogP contribution is 2.32. The number of hydrogen-bond donors (Lipinski definition) is 1. The number of aromatic nitrogens is 4. The number of para-hydroxylation sites is 1. The predicted octanol–water partition coefficient (Wildman–Crippen LogP) is 2.90. The van der Waals surface area contributed by atoms with Gasteiger partial charge in [0.05, 0.1) is 29.4 Å². The number of amides is 1. The lowest BCUT2D eigenvalue weighted by molar-refractivity contribution is -0.115. The van der Waals surface area contributed by atoms with Gasteiger partial charge in [-0.25, -0.2) is 4.68 Å². The summed E-state index contributed by atoms with van der Waals surface area (Å²) in [5, 5.41) is 14.3. The minimum absolute atomic E-state index is 0.154. The summed E-state index contributed by atoms with van der Waals surface area (Å²) in [4.78, 5) is 12.3. The van der Waals surface area contributed by atoms with Gasteiger partial charge in [0.2, 0.25) is 5.91 Å². The number of benzene rings is 2. The number of halogens is 1. The van der Waals surface area contributed by atoms with Gasteiger partial charge in [0.25, 0.3) is 0 Å². The zero-order valence-electron chi connectivity index (χ0n) is 13.5. The van der Waals surface area contributed by atoms with Gasteiger partial charge < -0.3 is 10.1 Å². The van der Waals surface area contributed by atoms with Crippen LogP contribution >= 0.6 is 11.6 Å². The molecule has 1 N–H and O–H groups in total. The first-order valence-electron chi connectivity index (χ1n) is 7.71. The second-order valence-corrected chi connectivity index (χ2v) is 5.60. The van der Waals surface area contributed by atoms with Gasteiger partial charge in [-0.3, -0.25) is 4.79 Å². The molecule has 0 aliphatic heterocycles. The molecular weight excluding hydrogens is 342 g/mol. The molecule has 25 heavy (non-hydrogen) atoms. The van der Waals surface area contributed by atoms with E-state index in [9.17, 15) is 4.79 Å². The van der Waals surface area contributed by atoms with Crippen molar-refractivity contribution in [2.24, 2.45) is 0 Å². The average Bonchev–Trinajstić information content (AvgIpc) is 3.13. The molecule has 0 aliphatic carbocycles. The summed E-state index contributed by atoms with van der Waals surface area (Å²) in [5.41, 5.74) is 2.25. The topological polar surface area (TPSA) is 81.9 Å². The van der Waals surface area contributed by atoms with Crippen molar-refractivity contribution in [3.8, 4) is 11.4 Å². The fourth-order valence-corrected chi connectivity index (χ4v) is 2.55. The molecule has 0 unspecified atom stereocenters. The van der Waals surface area contributed by atoms with Crippen molar-refractivity contribution in [3.05, 3.63) is 59.4 Å². The molecule has 7 nitrogen and oxygen atoms in total. The smallest absolute Gasteiger partial charge is 0.228 e. The summed E-state index contributed by atoms with van der Waals surface area (Å²) in [6, 6.07) is 12.7. The number of nitrogens with zero attached hydrogens (tertiary/aromatic N) is 4. The highest BCUT2D eigenvalue weighted by atomic mass is 35.5. The van der Waals surface area contributed by atoms with Crippen LogP contribution in [0, 0.1) is 0 Å². The maximum atomic E-state index is 12.3. The Labute approximate surface area is 149 Å². The van der Waals surface area contributed by atoms with E-state index in [0.29, 0.717) is 23.1 Å². The van der Waals surface area contributed by atoms with Crippen molar-refractivity contribution >= 4 is 23.2 Å². The van der Waals surface area contributed by atoms with Crippen LogP contribution in [0.3, 0.4) is 0 Å². The van der Waals surface area contributed by atoms with Crippen LogP contribution in [-0.4, -0.2) is 32.7 Å². The number of hydrogen-bond acceptors (Lipinski definition) is 5. The summed E-state index contributed by atoms with van der Waals surface area (Å²) in [5.74, 6) is 0.326. The Morgan fingerprint density at radius 1 is 1.24 bits per heavy atom. The molecule has 1 amide bonds. The molecular formula is C17H16ClN5O2. The van der Waals surface area contributed by atoms with Crippen LogP contribution in [0.5, 0.6) is 5.75 Å².